The molecule has 0 saturated heterocycles. The maximum Gasteiger partial charge on any atom is 0.266 e. The topological polar surface area (TPSA) is 55.2 Å². The second kappa shape index (κ2) is 8.05. The summed E-state index contributed by atoms with van der Waals surface area (Å²) >= 11 is 0. The largest absolute Gasteiger partial charge is 0.336 e. The summed E-state index contributed by atoms with van der Waals surface area (Å²) in [6, 6.07) is 12.9. The highest BCUT2D eigenvalue weighted by Crippen LogP contribution is 2.26. The number of aromatic nitrogens is 2. The molecule has 3 aromatic rings. The molecule has 3 rings (SSSR count). The molecule has 0 aliphatic carbocycles. The smallest absolute Gasteiger partial charge is 0.266 e. The lowest BCUT2D eigenvalue weighted by Gasteiger charge is -2.29. The first-order chi connectivity index (χ1) is 14.0. The van der Waals surface area contributed by atoms with Crippen molar-refractivity contribution in [1.82, 2.24) is 14.5 Å². The molecule has 5 nitrogen and oxygen atoms in total. The SMILES string of the molecule is Cc1ccc(-n2c(C(C)N(C)C(=O)CC(C)(C)C)nc3ccccc3c2=O)cc1C. The Morgan fingerprint density at radius 1 is 1.10 bits per heavy atom. The Hall–Kier alpha value is -2.95. The number of amides is 1. The number of benzene rings is 2. The molecule has 0 aliphatic heterocycles. The first-order valence-electron chi connectivity index (χ1n) is 10.3. The van der Waals surface area contributed by atoms with E-state index in [-0.39, 0.29) is 22.9 Å². The minimum Gasteiger partial charge on any atom is -0.336 e. The molecule has 0 N–H and O–H groups in total. The highest BCUT2D eigenvalue weighted by atomic mass is 16.2. The molecule has 0 radical (unpaired) electrons. The van der Waals surface area contributed by atoms with E-state index in [0.717, 1.165) is 16.8 Å². The zero-order chi connectivity index (χ0) is 22.2. The van der Waals surface area contributed by atoms with Gasteiger partial charge >= 0.3 is 0 Å². The number of carbonyl (C=O) groups is 1. The molecule has 0 fully saturated rings. The van der Waals surface area contributed by atoms with Crippen molar-refractivity contribution in [2.75, 3.05) is 7.05 Å². The molecule has 1 unspecified atom stereocenters. The van der Waals surface area contributed by atoms with Gasteiger partial charge in [0.1, 0.15) is 5.82 Å². The van der Waals surface area contributed by atoms with Crippen LogP contribution in [0.25, 0.3) is 16.6 Å². The Morgan fingerprint density at radius 2 is 1.77 bits per heavy atom. The van der Waals surface area contributed by atoms with Gasteiger partial charge in [0.05, 0.1) is 22.6 Å². The van der Waals surface area contributed by atoms with Crippen molar-refractivity contribution in [3.05, 3.63) is 69.8 Å². The number of aryl methyl sites for hydroxylation is 2. The normalized spacial score (nSPS) is 12.8. The molecule has 30 heavy (non-hydrogen) atoms. The summed E-state index contributed by atoms with van der Waals surface area (Å²) < 4.78 is 1.65. The van der Waals surface area contributed by atoms with Crippen LogP contribution in [0.15, 0.2) is 47.3 Å². The van der Waals surface area contributed by atoms with Crippen LogP contribution in [0.5, 0.6) is 0 Å². The summed E-state index contributed by atoms with van der Waals surface area (Å²) in [6.07, 6.45) is 0.426. The summed E-state index contributed by atoms with van der Waals surface area (Å²) in [7, 11) is 1.78. The molecule has 0 aliphatic rings. The standard InChI is InChI=1S/C25H31N3O2/c1-16-12-13-19(14-17(16)2)28-23(18(3)27(7)22(29)15-25(4,5)6)26-21-11-9-8-10-20(21)24(28)30/h8-14,18H,15H2,1-7H3. The van der Waals surface area contributed by atoms with Crippen molar-refractivity contribution < 1.29 is 4.79 Å². The van der Waals surface area contributed by atoms with E-state index < -0.39 is 0 Å². The molecule has 1 heterocycles. The van der Waals surface area contributed by atoms with Gasteiger partial charge in [-0.05, 0) is 61.6 Å². The van der Waals surface area contributed by atoms with Crippen LogP contribution in [0.3, 0.4) is 0 Å². The molecule has 1 aromatic heterocycles. The minimum absolute atomic E-state index is 0.0315. The molecule has 5 heteroatoms. The number of nitrogens with zero attached hydrogens (tertiary/aromatic N) is 3. The highest BCUT2D eigenvalue weighted by molar-refractivity contribution is 5.79. The van der Waals surface area contributed by atoms with E-state index >= 15 is 0 Å². The molecule has 2 aromatic carbocycles. The van der Waals surface area contributed by atoms with Crippen LogP contribution in [0.4, 0.5) is 0 Å². The van der Waals surface area contributed by atoms with Gasteiger partial charge in [-0.15, -0.1) is 0 Å². The summed E-state index contributed by atoms with van der Waals surface area (Å²) in [6.45, 7) is 12.1. The fraction of sp³-hybridized carbons (Fsp3) is 0.400. The first kappa shape index (κ1) is 21.8. The van der Waals surface area contributed by atoms with Crippen molar-refractivity contribution in [3.8, 4) is 5.69 Å². The summed E-state index contributed by atoms with van der Waals surface area (Å²) in [5, 5.41) is 0.565. The molecule has 0 spiro atoms. The Kier molecular flexibility index (Phi) is 5.84. The van der Waals surface area contributed by atoms with E-state index in [2.05, 4.69) is 0 Å². The lowest BCUT2D eigenvalue weighted by atomic mass is 9.91. The third kappa shape index (κ3) is 4.30. The number of para-hydroxylation sites is 1. The van der Waals surface area contributed by atoms with Gasteiger partial charge in [0.25, 0.3) is 5.56 Å². The Balaban J connectivity index is 2.21. The molecule has 1 amide bonds. The zero-order valence-corrected chi connectivity index (χ0v) is 19.0. The van der Waals surface area contributed by atoms with Crippen LogP contribution in [-0.2, 0) is 4.79 Å². The van der Waals surface area contributed by atoms with Crippen molar-refractivity contribution in [3.63, 3.8) is 0 Å². The highest BCUT2D eigenvalue weighted by Gasteiger charge is 2.26. The average Bonchev–Trinajstić information content (AvgIpc) is 2.67. The fourth-order valence-electron chi connectivity index (χ4n) is 3.51. The summed E-state index contributed by atoms with van der Waals surface area (Å²) in [5.41, 5.74) is 3.43. The van der Waals surface area contributed by atoms with Crippen LogP contribution in [0, 0.1) is 19.3 Å². The van der Waals surface area contributed by atoms with Gasteiger partial charge < -0.3 is 4.90 Å². The number of rotatable bonds is 4. The molecular weight excluding hydrogens is 374 g/mol. The lowest BCUT2D eigenvalue weighted by molar-refractivity contribution is -0.133. The Morgan fingerprint density at radius 3 is 2.40 bits per heavy atom. The maximum absolute atomic E-state index is 13.5. The van der Waals surface area contributed by atoms with Crippen molar-refractivity contribution >= 4 is 16.8 Å². The predicted octanol–water partition coefficient (Wildman–Crippen LogP) is 4.96. The number of hydrogen-bond acceptors (Lipinski definition) is 3. The second-order valence-corrected chi connectivity index (χ2v) is 9.31. The molecular formula is C25H31N3O2. The monoisotopic (exact) mass is 405 g/mol. The Bertz CT molecular complexity index is 1160. The van der Waals surface area contributed by atoms with Crippen LogP contribution in [-0.4, -0.2) is 27.4 Å². The minimum atomic E-state index is -0.362. The quantitative estimate of drug-likeness (QED) is 0.617. The first-order valence-corrected chi connectivity index (χ1v) is 10.3. The van der Waals surface area contributed by atoms with Gasteiger partial charge in [-0.25, -0.2) is 4.98 Å². The van der Waals surface area contributed by atoms with Gasteiger partial charge in [-0.2, -0.15) is 0 Å². The van der Waals surface area contributed by atoms with Crippen molar-refractivity contribution in [1.29, 1.82) is 0 Å². The molecule has 0 bridgehead atoms. The summed E-state index contributed by atoms with van der Waals surface area (Å²) in [4.78, 5) is 32.9. The zero-order valence-electron chi connectivity index (χ0n) is 19.0. The van der Waals surface area contributed by atoms with Crippen LogP contribution >= 0.6 is 0 Å². The van der Waals surface area contributed by atoms with E-state index in [9.17, 15) is 9.59 Å². The van der Waals surface area contributed by atoms with Gasteiger partial charge in [0.2, 0.25) is 5.91 Å². The number of fused-ring (bicyclic) bond motifs is 1. The van der Waals surface area contributed by atoms with Crippen molar-refractivity contribution in [2.24, 2.45) is 5.41 Å². The van der Waals surface area contributed by atoms with E-state index in [1.807, 2.05) is 77.9 Å². The van der Waals surface area contributed by atoms with E-state index in [1.165, 1.54) is 0 Å². The maximum atomic E-state index is 13.5. The fourth-order valence-corrected chi connectivity index (χ4v) is 3.51. The van der Waals surface area contributed by atoms with Crippen molar-refractivity contribution in [2.45, 2.75) is 54.0 Å². The lowest BCUT2D eigenvalue weighted by Crippen LogP contribution is -2.36. The van der Waals surface area contributed by atoms with Gasteiger partial charge in [-0.3, -0.25) is 14.2 Å². The second-order valence-electron chi connectivity index (χ2n) is 9.31. The Labute approximate surface area is 178 Å². The van der Waals surface area contributed by atoms with E-state index in [4.69, 9.17) is 4.98 Å². The summed E-state index contributed by atoms with van der Waals surface area (Å²) in [5.74, 6) is 0.593. The molecule has 158 valence electrons. The van der Waals surface area contributed by atoms with Gasteiger partial charge in [0, 0.05) is 13.5 Å². The van der Waals surface area contributed by atoms with Crippen LogP contribution < -0.4 is 5.56 Å². The van der Waals surface area contributed by atoms with E-state index in [0.29, 0.717) is 23.1 Å². The molecule has 0 saturated carbocycles. The third-order valence-corrected chi connectivity index (χ3v) is 5.58. The predicted molar refractivity (Wildman–Crippen MR) is 122 cm³/mol. The van der Waals surface area contributed by atoms with Crippen LogP contribution in [0.2, 0.25) is 0 Å². The van der Waals surface area contributed by atoms with Gasteiger partial charge in [-0.1, -0.05) is 39.0 Å². The molecule has 1 atom stereocenters. The third-order valence-electron chi connectivity index (χ3n) is 5.58. The average molecular weight is 406 g/mol. The van der Waals surface area contributed by atoms with Gasteiger partial charge in [0.15, 0.2) is 0 Å². The van der Waals surface area contributed by atoms with Crippen LogP contribution in [0.1, 0.15) is 57.1 Å². The number of hydrogen-bond donors (Lipinski definition) is 0. The number of carbonyl (C=O) groups excluding carboxylic acids is 1. The van der Waals surface area contributed by atoms with E-state index in [1.54, 1.807) is 22.6 Å².